The lowest BCUT2D eigenvalue weighted by Gasteiger charge is -2.00. The first-order chi connectivity index (χ1) is 4.63. The first-order valence-electron chi connectivity index (χ1n) is 3.33. The molecule has 0 radical (unpaired) electrons. The number of hydrogen-bond acceptors (Lipinski definition) is 1. The number of halogens is 1. The Bertz CT molecular complexity index is 228. The van der Waals surface area contributed by atoms with Crippen molar-refractivity contribution in [3.05, 3.63) is 16.4 Å². The SMILES string of the molecule is Cc1c(Cl)n[nH]c1C(C)C. The molecule has 56 valence electrons. The minimum atomic E-state index is 0.472. The van der Waals surface area contributed by atoms with Gasteiger partial charge in [0.1, 0.15) is 0 Å². The van der Waals surface area contributed by atoms with E-state index in [2.05, 4.69) is 24.0 Å². The summed E-state index contributed by atoms with van der Waals surface area (Å²) in [5, 5.41) is 7.36. The van der Waals surface area contributed by atoms with Crippen LogP contribution in [0.15, 0.2) is 0 Å². The molecular weight excluding hydrogens is 148 g/mol. The highest BCUT2D eigenvalue weighted by Crippen LogP contribution is 2.21. The van der Waals surface area contributed by atoms with E-state index in [0.717, 1.165) is 11.3 Å². The van der Waals surface area contributed by atoms with Crippen LogP contribution in [0.2, 0.25) is 5.15 Å². The largest absolute Gasteiger partial charge is 0.281 e. The third kappa shape index (κ3) is 1.16. The van der Waals surface area contributed by atoms with Crippen molar-refractivity contribution in [2.45, 2.75) is 26.7 Å². The number of aromatic amines is 1. The third-order valence-corrected chi connectivity index (χ3v) is 1.93. The lowest BCUT2D eigenvalue weighted by Crippen LogP contribution is -1.89. The van der Waals surface area contributed by atoms with Crippen LogP contribution in [0.4, 0.5) is 0 Å². The molecule has 0 spiro atoms. The Morgan fingerprint density at radius 3 is 2.30 bits per heavy atom. The Morgan fingerprint density at radius 2 is 2.10 bits per heavy atom. The fourth-order valence-electron chi connectivity index (χ4n) is 0.950. The Morgan fingerprint density at radius 1 is 1.50 bits per heavy atom. The van der Waals surface area contributed by atoms with Gasteiger partial charge in [-0.25, -0.2) is 0 Å². The van der Waals surface area contributed by atoms with Crippen LogP contribution in [0.1, 0.15) is 31.0 Å². The van der Waals surface area contributed by atoms with Gasteiger partial charge in [0.25, 0.3) is 0 Å². The minimum Gasteiger partial charge on any atom is -0.281 e. The Balaban J connectivity index is 3.05. The number of rotatable bonds is 1. The molecule has 1 rings (SSSR count). The Hall–Kier alpha value is -0.500. The molecule has 1 aromatic rings. The predicted octanol–water partition coefficient (Wildman–Crippen LogP) is 2.49. The topological polar surface area (TPSA) is 28.7 Å². The van der Waals surface area contributed by atoms with Crippen molar-refractivity contribution in [3.63, 3.8) is 0 Å². The van der Waals surface area contributed by atoms with Crippen LogP contribution in [0, 0.1) is 6.92 Å². The molecule has 2 nitrogen and oxygen atoms in total. The van der Waals surface area contributed by atoms with E-state index in [-0.39, 0.29) is 0 Å². The fourth-order valence-corrected chi connectivity index (χ4v) is 1.09. The normalized spacial score (nSPS) is 10.9. The van der Waals surface area contributed by atoms with Gasteiger partial charge in [0, 0.05) is 11.3 Å². The molecule has 0 saturated heterocycles. The van der Waals surface area contributed by atoms with Crippen molar-refractivity contribution < 1.29 is 0 Å². The summed E-state index contributed by atoms with van der Waals surface area (Å²) >= 11 is 5.73. The van der Waals surface area contributed by atoms with Crippen LogP contribution in [0.5, 0.6) is 0 Å². The lowest BCUT2D eigenvalue weighted by atomic mass is 10.1. The summed E-state index contributed by atoms with van der Waals surface area (Å²) in [7, 11) is 0. The Kier molecular flexibility index (Phi) is 2.00. The molecule has 0 aliphatic rings. The van der Waals surface area contributed by atoms with E-state index in [0.29, 0.717) is 11.1 Å². The van der Waals surface area contributed by atoms with Gasteiger partial charge in [0.15, 0.2) is 5.15 Å². The molecule has 0 atom stereocenters. The number of aromatic nitrogens is 2. The van der Waals surface area contributed by atoms with Crippen molar-refractivity contribution in [2.24, 2.45) is 0 Å². The highest BCUT2D eigenvalue weighted by molar-refractivity contribution is 6.30. The summed E-state index contributed by atoms with van der Waals surface area (Å²) in [5.74, 6) is 0.472. The van der Waals surface area contributed by atoms with Gasteiger partial charge >= 0.3 is 0 Å². The standard InChI is InChI=1S/C7H11ClN2/c1-4(2)6-5(3)7(8)10-9-6/h4H,1-3H3,(H,9,10). The highest BCUT2D eigenvalue weighted by Gasteiger charge is 2.08. The fraction of sp³-hybridized carbons (Fsp3) is 0.571. The molecule has 0 bridgehead atoms. The molecule has 0 aromatic carbocycles. The van der Waals surface area contributed by atoms with Crippen molar-refractivity contribution in [2.75, 3.05) is 0 Å². The maximum atomic E-state index is 5.73. The first-order valence-corrected chi connectivity index (χ1v) is 3.71. The van der Waals surface area contributed by atoms with Gasteiger partial charge in [-0.2, -0.15) is 5.10 Å². The van der Waals surface area contributed by atoms with Crippen molar-refractivity contribution >= 4 is 11.6 Å². The second kappa shape index (κ2) is 2.62. The molecule has 1 aromatic heterocycles. The van der Waals surface area contributed by atoms with E-state index in [1.165, 1.54) is 0 Å². The van der Waals surface area contributed by atoms with E-state index < -0.39 is 0 Å². The maximum Gasteiger partial charge on any atom is 0.154 e. The zero-order valence-corrected chi connectivity index (χ0v) is 7.16. The molecule has 3 heteroatoms. The summed E-state index contributed by atoms with van der Waals surface area (Å²) in [6.45, 7) is 6.19. The molecule has 0 aliphatic heterocycles. The molecule has 0 unspecified atom stereocenters. The van der Waals surface area contributed by atoms with Crippen molar-refractivity contribution in [1.29, 1.82) is 0 Å². The third-order valence-electron chi connectivity index (χ3n) is 1.57. The number of nitrogens with one attached hydrogen (secondary N) is 1. The van der Waals surface area contributed by atoms with Crippen LogP contribution in [-0.2, 0) is 0 Å². The summed E-state index contributed by atoms with van der Waals surface area (Å²) in [6.07, 6.45) is 0. The minimum absolute atomic E-state index is 0.472. The van der Waals surface area contributed by atoms with Gasteiger partial charge in [0.05, 0.1) is 0 Å². The van der Waals surface area contributed by atoms with E-state index in [9.17, 15) is 0 Å². The average Bonchev–Trinajstić information content (AvgIpc) is 2.14. The molecular formula is C7H11ClN2. The Labute approximate surface area is 65.6 Å². The van der Waals surface area contributed by atoms with Crippen LogP contribution in [0.3, 0.4) is 0 Å². The molecule has 0 amide bonds. The second-order valence-corrected chi connectivity index (χ2v) is 3.07. The molecule has 0 saturated carbocycles. The van der Waals surface area contributed by atoms with Gasteiger partial charge in [-0.1, -0.05) is 25.4 Å². The monoisotopic (exact) mass is 158 g/mol. The van der Waals surface area contributed by atoms with Crippen LogP contribution < -0.4 is 0 Å². The van der Waals surface area contributed by atoms with Crippen LogP contribution in [-0.4, -0.2) is 10.2 Å². The van der Waals surface area contributed by atoms with Gasteiger partial charge in [-0.05, 0) is 12.8 Å². The maximum absolute atomic E-state index is 5.73. The van der Waals surface area contributed by atoms with E-state index in [1.54, 1.807) is 0 Å². The quantitative estimate of drug-likeness (QED) is 0.669. The van der Waals surface area contributed by atoms with Crippen LogP contribution in [0.25, 0.3) is 0 Å². The van der Waals surface area contributed by atoms with E-state index >= 15 is 0 Å². The zero-order chi connectivity index (χ0) is 7.72. The molecule has 0 fully saturated rings. The molecule has 1 heterocycles. The lowest BCUT2D eigenvalue weighted by molar-refractivity contribution is 0.804. The zero-order valence-electron chi connectivity index (χ0n) is 6.40. The average molecular weight is 159 g/mol. The van der Waals surface area contributed by atoms with Gasteiger partial charge in [0.2, 0.25) is 0 Å². The van der Waals surface area contributed by atoms with Gasteiger partial charge < -0.3 is 0 Å². The van der Waals surface area contributed by atoms with Gasteiger partial charge in [-0.15, -0.1) is 0 Å². The highest BCUT2D eigenvalue weighted by atomic mass is 35.5. The van der Waals surface area contributed by atoms with Gasteiger partial charge in [-0.3, -0.25) is 5.10 Å². The number of H-pyrrole nitrogens is 1. The van der Waals surface area contributed by atoms with Crippen LogP contribution >= 0.6 is 11.6 Å². The second-order valence-electron chi connectivity index (χ2n) is 2.71. The summed E-state index contributed by atoms with van der Waals surface area (Å²) in [5.41, 5.74) is 2.20. The number of hydrogen-bond donors (Lipinski definition) is 1. The van der Waals surface area contributed by atoms with E-state index in [1.807, 2.05) is 6.92 Å². The van der Waals surface area contributed by atoms with E-state index in [4.69, 9.17) is 11.6 Å². The first kappa shape index (κ1) is 7.61. The summed E-state index contributed by atoms with van der Waals surface area (Å²) in [6, 6.07) is 0. The summed E-state index contributed by atoms with van der Waals surface area (Å²) < 4.78 is 0. The molecule has 10 heavy (non-hydrogen) atoms. The summed E-state index contributed by atoms with van der Waals surface area (Å²) in [4.78, 5) is 0. The smallest absolute Gasteiger partial charge is 0.154 e. The van der Waals surface area contributed by atoms with Crippen molar-refractivity contribution in [3.8, 4) is 0 Å². The van der Waals surface area contributed by atoms with Crippen molar-refractivity contribution in [1.82, 2.24) is 10.2 Å². The molecule has 0 aliphatic carbocycles. The molecule has 1 N–H and O–H groups in total. The predicted molar refractivity (Wildman–Crippen MR) is 42.4 cm³/mol. The number of nitrogens with zero attached hydrogens (tertiary/aromatic N) is 1.